The number of rotatable bonds is 7. The molecule has 1 aliphatic carbocycles. The van der Waals surface area contributed by atoms with Crippen LogP contribution in [0.2, 0.25) is 0 Å². The first-order valence-electron chi connectivity index (χ1n) is 5.56. The Morgan fingerprint density at radius 2 is 2.27 bits per heavy atom. The summed E-state index contributed by atoms with van der Waals surface area (Å²) in [6.07, 6.45) is 4.33. The summed E-state index contributed by atoms with van der Waals surface area (Å²) in [6, 6.07) is 0. The Labute approximate surface area is 91.0 Å². The smallest absolute Gasteiger partial charge is 0.323 e. The van der Waals surface area contributed by atoms with E-state index in [9.17, 15) is 9.90 Å². The van der Waals surface area contributed by atoms with E-state index in [4.69, 9.17) is 4.74 Å². The quantitative estimate of drug-likeness (QED) is 0.628. The summed E-state index contributed by atoms with van der Waals surface area (Å²) in [4.78, 5) is 11.2. The van der Waals surface area contributed by atoms with Gasteiger partial charge < -0.3 is 9.84 Å². The molecule has 0 aromatic rings. The highest BCUT2D eigenvalue weighted by molar-refractivity contribution is 5.78. The Kier molecular flexibility index (Phi) is 4.54. The van der Waals surface area contributed by atoms with Gasteiger partial charge in [-0.2, -0.15) is 0 Å². The van der Waals surface area contributed by atoms with Crippen molar-refractivity contribution in [3.8, 4) is 0 Å². The molecule has 4 heteroatoms. The second kappa shape index (κ2) is 5.47. The summed E-state index contributed by atoms with van der Waals surface area (Å²) in [5.41, 5.74) is -0.788. The van der Waals surface area contributed by atoms with Crippen LogP contribution >= 0.6 is 0 Å². The first kappa shape index (κ1) is 12.5. The molecule has 0 heterocycles. The molecule has 1 rings (SSSR count). The summed E-state index contributed by atoms with van der Waals surface area (Å²) in [5.74, 6) is -0.174. The number of carboxylic acid groups (broad SMARTS) is 1. The van der Waals surface area contributed by atoms with E-state index in [2.05, 4.69) is 5.32 Å². The molecule has 2 N–H and O–H groups in total. The van der Waals surface area contributed by atoms with Crippen molar-refractivity contribution in [1.29, 1.82) is 0 Å². The Bertz CT molecular complexity index is 216. The Balaban J connectivity index is 2.40. The second-order valence-corrected chi connectivity index (χ2v) is 4.56. The molecule has 1 unspecified atom stereocenters. The molecule has 1 saturated carbocycles. The first-order valence-corrected chi connectivity index (χ1v) is 5.56. The minimum absolute atomic E-state index is 0.549. The van der Waals surface area contributed by atoms with Crippen molar-refractivity contribution in [2.75, 3.05) is 20.3 Å². The first-order chi connectivity index (χ1) is 7.08. The van der Waals surface area contributed by atoms with Crippen LogP contribution in [0.15, 0.2) is 0 Å². The monoisotopic (exact) mass is 215 g/mol. The van der Waals surface area contributed by atoms with E-state index in [0.29, 0.717) is 19.1 Å². The van der Waals surface area contributed by atoms with Crippen LogP contribution in [0.1, 0.15) is 32.6 Å². The highest BCUT2D eigenvalue weighted by Gasteiger charge is 2.36. The van der Waals surface area contributed by atoms with Crippen LogP contribution in [0, 0.1) is 5.92 Å². The number of carbonyl (C=O) groups is 1. The van der Waals surface area contributed by atoms with Crippen molar-refractivity contribution < 1.29 is 14.6 Å². The number of nitrogens with one attached hydrogen (secondary N) is 1. The fourth-order valence-electron chi connectivity index (χ4n) is 1.94. The third kappa shape index (κ3) is 3.47. The minimum Gasteiger partial charge on any atom is -0.480 e. The standard InChI is InChI=1S/C11H21NO3/c1-11(10(13)14,12-6-7-15-2)8-9-4-3-5-9/h9,12H,3-8H2,1-2H3,(H,13,14). The van der Waals surface area contributed by atoms with Gasteiger partial charge in [0.1, 0.15) is 5.54 Å². The predicted molar refractivity (Wildman–Crippen MR) is 57.9 cm³/mol. The van der Waals surface area contributed by atoms with E-state index in [1.807, 2.05) is 0 Å². The largest absolute Gasteiger partial charge is 0.480 e. The SMILES string of the molecule is COCCNC(C)(CC1CCC1)C(=O)O. The Morgan fingerprint density at radius 1 is 1.60 bits per heavy atom. The van der Waals surface area contributed by atoms with E-state index in [0.717, 1.165) is 6.42 Å². The lowest BCUT2D eigenvalue weighted by Crippen LogP contribution is -2.52. The predicted octanol–water partition coefficient (Wildman–Crippen LogP) is 1.26. The number of ether oxygens (including phenoxy) is 1. The van der Waals surface area contributed by atoms with Gasteiger partial charge in [-0.25, -0.2) is 0 Å². The van der Waals surface area contributed by atoms with Crippen LogP contribution < -0.4 is 5.32 Å². The molecule has 88 valence electrons. The fraction of sp³-hybridized carbons (Fsp3) is 0.909. The summed E-state index contributed by atoms with van der Waals surface area (Å²) in [6.45, 7) is 2.91. The summed E-state index contributed by atoms with van der Waals surface area (Å²) < 4.78 is 4.91. The van der Waals surface area contributed by atoms with Crippen LogP contribution in [-0.2, 0) is 9.53 Å². The zero-order valence-electron chi connectivity index (χ0n) is 9.58. The molecule has 0 bridgehead atoms. The molecule has 1 atom stereocenters. The van der Waals surface area contributed by atoms with Crippen molar-refractivity contribution in [2.24, 2.45) is 5.92 Å². The van der Waals surface area contributed by atoms with Crippen LogP contribution in [-0.4, -0.2) is 36.9 Å². The Morgan fingerprint density at radius 3 is 2.67 bits per heavy atom. The zero-order chi connectivity index (χ0) is 11.3. The third-order valence-corrected chi connectivity index (χ3v) is 3.22. The molecule has 4 nitrogen and oxygen atoms in total. The maximum atomic E-state index is 11.2. The molecule has 0 radical (unpaired) electrons. The molecule has 0 spiro atoms. The molecular formula is C11H21NO3. The van der Waals surface area contributed by atoms with Crippen LogP contribution in [0.25, 0.3) is 0 Å². The van der Waals surface area contributed by atoms with E-state index in [1.165, 1.54) is 19.3 Å². The molecule has 0 aromatic carbocycles. The average molecular weight is 215 g/mol. The Hall–Kier alpha value is -0.610. The molecule has 0 amide bonds. The van der Waals surface area contributed by atoms with Crippen LogP contribution in [0.4, 0.5) is 0 Å². The molecule has 0 saturated heterocycles. The highest BCUT2D eigenvalue weighted by atomic mass is 16.5. The van der Waals surface area contributed by atoms with Gasteiger partial charge >= 0.3 is 5.97 Å². The molecular weight excluding hydrogens is 194 g/mol. The summed E-state index contributed by atoms with van der Waals surface area (Å²) in [5, 5.41) is 12.3. The normalized spacial score (nSPS) is 20.7. The molecule has 1 fully saturated rings. The van der Waals surface area contributed by atoms with E-state index < -0.39 is 11.5 Å². The lowest BCUT2D eigenvalue weighted by Gasteiger charge is -2.34. The lowest BCUT2D eigenvalue weighted by molar-refractivity contribution is -0.145. The van der Waals surface area contributed by atoms with E-state index in [1.54, 1.807) is 14.0 Å². The van der Waals surface area contributed by atoms with E-state index in [-0.39, 0.29) is 0 Å². The van der Waals surface area contributed by atoms with Gasteiger partial charge in [0.25, 0.3) is 0 Å². The van der Waals surface area contributed by atoms with Crippen LogP contribution in [0.5, 0.6) is 0 Å². The maximum Gasteiger partial charge on any atom is 0.323 e. The lowest BCUT2D eigenvalue weighted by atomic mass is 9.76. The summed E-state index contributed by atoms with van der Waals surface area (Å²) in [7, 11) is 1.62. The van der Waals surface area contributed by atoms with Crippen LogP contribution in [0.3, 0.4) is 0 Å². The van der Waals surface area contributed by atoms with Crippen molar-refractivity contribution in [3.05, 3.63) is 0 Å². The van der Waals surface area contributed by atoms with Crippen molar-refractivity contribution in [3.63, 3.8) is 0 Å². The third-order valence-electron chi connectivity index (χ3n) is 3.22. The van der Waals surface area contributed by atoms with Gasteiger partial charge in [0.2, 0.25) is 0 Å². The van der Waals surface area contributed by atoms with Crippen molar-refractivity contribution >= 4 is 5.97 Å². The molecule has 15 heavy (non-hydrogen) atoms. The number of hydrogen-bond acceptors (Lipinski definition) is 3. The number of hydrogen-bond donors (Lipinski definition) is 2. The topological polar surface area (TPSA) is 58.6 Å². The van der Waals surface area contributed by atoms with Gasteiger partial charge in [-0.1, -0.05) is 19.3 Å². The number of carboxylic acids is 1. The second-order valence-electron chi connectivity index (χ2n) is 4.56. The maximum absolute atomic E-state index is 11.2. The van der Waals surface area contributed by atoms with Gasteiger partial charge in [-0.05, 0) is 19.3 Å². The van der Waals surface area contributed by atoms with Gasteiger partial charge in [-0.3, -0.25) is 10.1 Å². The molecule has 0 aromatic heterocycles. The number of methoxy groups -OCH3 is 1. The van der Waals surface area contributed by atoms with Gasteiger partial charge in [0, 0.05) is 13.7 Å². The molecule has 0 aliphatic heterocycles. The van der Waals surface area contributed by atoms with Crippen molar-refractivity contribution in [1.82, 2.24) is 5.32 Å². The molecule has 1 aliphatic rings. The zero-order valence-corrected chi connectivity index (χ0v) is 9.58. The van der Waals surface area contributed by atoms with Gasteiger partial charge in [-0.15, -0.1) is 0 Å². The van der Waals surface area contributed by atoms with Crippen molar-refractivity contribution in [2.45, 2.75) is 38.1 Å². The van der Waals surface area contributed by atoms with Gasteiger partial charge in [0.15, 0.2) is 0 Å². The fourth-order valence-corrected chi connectivity index (χ4v) is 1.94. The minimum atomic E-state index is -0.788. The van der Waals surface area contributed by atoms with Gasteiger partial charge in [0.05, 0.1) is 6.61 Å². The highest BCUT2D eigenvalue weighted by Crippen LogP contribution is 2.33. The summed E-state index contributed by atoms with van der Waals surface area (Å²) >= 11 is 0. The average Bonchev–Trinajstić information content (AvgIpc) is 2.12. The number of aliphatic carboxylic acids is 1. The van der Waals surface area contributed by atoms with E-state index >= 15 is 0 Å².